The van der Waals surface area contributed by atoms with Crippen LogP contribution in [0.4, 0.5) is 10.5 Å². The normalized spacial score (nSPS) is 21.7. The second-order valence-corrected chi connectivity index (χ2v) is 10.3. The quantitative estimate of drug-likeness (QED) is 0.323. The van der Waals surface area contributed by atoms with Gasteiger partial charge in [0.05, 0.1) is 6.61 Å². The van der Waals surface area contributed by atoms with Crippen molar-refractivity contribution in [2.24, 2.45) is 0 Å². The molecule has 11 nitrogen and oxygen atoms in total. The third-order valence-corrected chi connectivity index (χ3v) is 7.35. The van der Waals surface area contributed by atoms with Crippen LogP contribution in [0.5, 0.6) is 5.75 Å². The van der Waals surface area contributed by atoms with E-state index in [1.165, 1.54) is 4.90 Å². The van der Waals surface area contributed by atoms with Crippen molar-refractivity contribution in [2.45, 2.75) is 70.2 Å². The summed E-state index contributed by atoms with van der Waals surface area (Å²) in [5, 5.41) is 7.97. The molecule has 1 atom stereocenters. The number of hydrogen-bond donors (Lipinski definition) is 3. The predicted octanol–water partition coefficient (Wildman–Crippen LogP) is 3.14. The number of amides is 5. The Morgan fingerprint density at radius 2 is 1.85 bits per heavy atom. The molecule has 2 aromatic carbocycles. The van der Waals surface area contributed by atoms with Gasteiger partial charge in [-0.2, -0.15) is 0 Å². The number of nitrogens with zero attached hydrogens (tertiary/aromatic N) is 1. The molecule has 2 aromatic rings. The highest BCUT2D eigenvalue weighted by Crippen LogP contribution is 2.30. The zero-order valence-corrected chi connectivity index (χ0v) is 22.2. The van der Waals surface area contributed by atoms with Crippen LogP contribution in [-0.4, -0.2) is 59.4 Å². The minimum absolute atomic E-state index is 0.0190. The maximum absolute atomic E-state index is 12.9. The molecule has 40 heavy (non-hydrogen) atoms. The first-order chi connectivity index (χ1) is 19.3. The number of nitrogens with one attached hydrogen (secondary N) is 3. The number of carbonyl (C=O) groups excluding carboxylic acids is 5. The highest BCUT2D eigenvalue weighted by atomic mass is 16.5. The SMILES string of the molecule is CCCCOC(=O)NC1CC(Oc2ccc(C(=O)Nc3ccc4c(c3)CN(C3CCC(=O)NC3=O)C4=O)cc2)C1. The van der Waals surface area contributed by atoms with Crippen LogP contribution in [0.3, 0.4) is 0 Å². The maximum Gasteiger partial charge on any atom is 0.407 e. The minimum atomic E-state index is -0.689. The summed E-state index contributed by atoms with van der Waals surface area (Å²) in [6, 6.07) is 11.2. The summed E-state index contributed by atoms with van der Waals surface area (Å²) in [5.74, 6) is -0.740. The molecule has 5 amide bonds. The number of rotatable bonds is 9. The Bertz CT molecular complexity index is 1320. The number of anilines is 1. The molecule has 1 saturated carbocycles. The number of alkyl carbamates (subject to hydrolysis) is 1. The van der Waals surface area contributed by atoms with Crippen LogP contribution in [-0.2, 0) is 20.9 Å². The van der Waals surface area contributed by atoms with Crippen LogP contribution < -0.4 is 20.7 Å². The van der Waals surface area contributed by atoms with E-state index in [0.717, 1.165) is 12.8 Å². The van der Waals surface area contributed by atoms with E-state index < -0.39 is 18.0 Å². The molecule has 2 fully saturated rings. The van der Waals surface area contributed by atoms with Crippen molar-refractivity contribution in [1.29, 1.82) is 0 Å². The largest absolute Gasteiger partial charge is 0.490 e. The first-order valence-electron chi connectivity index (χ1n) is 13.6. The van der Waals surface area contributed by atoms with Gasteiger partial charge in [-0.05, 0) is 60.9 Å². The van der Waals surface area contributed by atoms with Crippen LogP contribution in [0.15, 0.2) is 42.5 Å². The molecular weight excluding hydrogens is 516 g/mol. The average molecular weight is 549 g/mol. The topological polar surface area (TPSA) is 143 Å². The van der Waals surface area contributed by atoms with Crippen molar-refractivity contribution in [3.8, 4) is 5.75 Å². The minimum Gasteiger partial charge on any atom is -0.490 e. The van der Waals surface area contributed by atoms with E-state index in [-0.39, 0.29) is 42.8 Å². The molecule has 3 N–H and O–H groups in total. The number of imide groups is 1. The third kappa shape index (κ3) is 6.08. The number of hydrogen-bond acceptors (Lipinski definition) is 7. The molecule has 11 heteroatoms. The first-order valence-corrected chi connectivity index (χ1v) is 13.6. The van der Waals surface area contributed by atoms with Gasteiger partial charge in [0.15, 0.2) is 0 Å². The molecule has 0 aromatic heterocycles. The lowest BCUT2D eigenvalue weighted by molar-refractivity contribution is -0.136. The predicted molar refractivity (Wildman–Crippen MR) is 144 cm³/mol. The zero-order chi connectivity index (χ0) is 28.2. The summed E-state index contributed by atoms with van der Waals surface area (Å²) in [5.41, 5.74) is 2.16. The number of piperidine rings is 1. The van der Waals surface area contributed by atoms with Crippen LogP contribution in [0.25, 0.3) is 0 Å². The smallest absolute Gasteiger partial charge is 0.407 e. The standard InChI is InChI=1S/C29H32N4O7/c1-2-3-12-39-29(38)31-20-14-22(15-20)40-21-7-4-17(5-8-21)26(35)30-19-6-9-23-18(13-19)16-33(28(23)37)24-10-11-25(34)32-27(24)36/h4-9,13,20,22,24H,2-3,10-12,14-16H2,1H3,(H,30,35)(H,31,38)(H,32,34,36). The van der Waals surface area contributed by atoms with Crippen molar-refractivity contribution in [1.82, 2.24) is 15.5 Å². The Balaban J connectivity index is 1.10. The number of benzene rings is 2. The highest BCUT2D eigenvalue weighted by Gasteiger charge is 2.39. The fourth-order valence-corrected chi connectivity index (χ4v) is 5.03. The second kappa shape index (κ2) is 11.8. The summed E-state index contributed by atoms with van der Waals surface area (Å²) >= 11 is 0. The van der Waals surface area contributed by atoms with Gasteiger partial charge in [0.1, 0.15) is 17.9 Å². The summed E-state index contributed by atoms with van der Waals surface area (Å²) < 4.78 is 11.1. The number of carbonyl (C=O) groups is 5. The molecule has 2 heterocycles. The summed E-state index contributed by atoms with van der Waals surface area (Å²) in [4.78, 5) is 62.6. The lowest BCUT2D eigenvalue weighted by Crippen LogP contribution is -2.52. The summed E-state index contributed by atoms with van der Waals surface area (Å²) in [7, 11) is 0. The Hall–Kier alpha value is -4.41. The monoisotopic (exact) mass is 548 g/mol. The van der Waals surface area contributed by atoms with Crippen molar-refractivity contribution in [3.63, 3.8) is 0 Å². The second-order valence-electron chi connectivity index (χ2n) is 10.3. The van der Waals surface area contributed by atoms with Crippen LogP contribution in [0.2, 0.25) is 0 Å². The van der Waals surface area contributed by atoms with E-state index in [2.05, 4.69) is 16.0 Å². The number of ether oxygens (including phenoxy) is 2. The molecule has 0 radical (unpaired) electrons. The van der Waals surface area contributed by atoms with Crippen LogP contribution in [0.1, 0.15) is 71.7 Å². The fraction of sp³-hybridized carbons (Fsp3) is 0.414. The first kappa shape index (κ1) is 27.2. The summed E-state index contributed by atoms with van der Waals surface area (Å²) in [6.45, 7) is 2.69. The zero-order valence-electron chi connectivity index (χ0n) is 22.2. The van der Waals surface area contributed by atoms with Gasteiger partial charge in [-0.1, -0.05) is 13.3 Å². The van der Waals surface area contributed by atoms with E-state index in [0.29, 0.717) is 54.0 Å². The number of unbranched alkanes of at least 4 members (excludes halogenated alkanes) is 1. The van der Waals surface area contributed by atoms with Gasteiger partial charge < -0.3 is 25.0 Å². The van der Waals surface area contributed by atoms with E-state index in [1.807, 2.05) is 6.92 Å². The van der Waals surface area contributed by atoms with E-state index >= 15 is 0 Å². The molecule has 0 bridgehead atoms. The van der Waals surface area contributed by atoms with E-state index in [9.17, 15) is 24.0 Å². The van der Waals surface area contributed by atoms with Crippen molar-refractivity contribution >= 4 is 35.4 Å². The van der Waals surface area contributed by atoms with Gasteiger partial charge in [0.25, 0.3) is 11.8 Å². The summed E-state index contributed by atoms with van der Waals surface area (Å²) in [6.07, 6.45) is 3.26. The molecule has 2 aliphatic heterocycles. The highest BCUT2D eigenvalue weighted by molar-refractivity contribution is 6.07. The van der Waals surface area contributed by atoms with E-state index in [4.69, 9.17) is 9.47 Å². The molecule has 1 unspecified atom stereocenters. The molecule has 210 valence electrons. The van der Waals surface area contributed by atoms with Gasteiger partial charge in [-0.3, -0.25) is 24.5 Å². The Morgan fingerprint density at radius 3 is 2.58 bits per heavy atom. The van der Waals surface area contributed by atoms with Gasteiger partial charge >= 0.3 is 6.09 Å². The molecule has 1 aliphatic carbocycles. The maximum atomic E-state index is 12.9. The lowest BCUT2D eigenvalue weighted by atomic mass is 9.89. The number of fused-ring (bicyclic) bond motifs is 1. The van der Waals surface area contributed by atoms with Crippen LogP contribution >= 0.6 is 0 Å². The molecule has 5 rings (SSSR count). The van der Waals surface area contributed by atoms with Crippen molar-refractivity contribution in [2.75, 3.05) is 11.9 Å². The molecule has 0 spiro atoms. The van der Waals surface area contributed by atoms with Gasteiger partial charge in [-0.15, -0.1) is 0 Å². The Morgan fingerprint density at radius 1 is 1.07 bits per heavy atom. The fourth-order valence-electron chi connectivity index (χ4n) is 5.03. The van der Waals surface area contributed by atoms with Gasteiger partial charge in [-0.25, -0.2) is 4.79 Å². The lowest BCUT2D eigenvalue weighted by Gasteiger charge is -2.35. The molecular formula is C29H32N4O7. The Labute approximate surface area is 231 Å². The Kier molecular flexibility index (Phi) is 7.99. The van der Waals surface area contributed by atoms with Crippen molar-refractivity contribution in [3.05, 3.63) is 59.2 Å². The molecule has 3 aliphatic rings. The van der Waals surface area contributed by atoms with E-state index in [1.54, 1.807) is 42.5 Å². The average Bonchev–Trinajstić information content (AvgIpc) is 3.23. The van der Waals surface area contributed by atoms with Crippen LogP contribution in [0, 0.1) is 0 Å². The van der Waals surface area contributed by atoms with Gasteiger partial charge in [0.2, 0.25) is 11.8 Å². The van der Waals surface area contributed by atoms with Crippen molar-refractivity contribution < 1.29 is 33.4 Å². The van der Waals surface area contributed by atoms with Gasteiger partial charge in [0, 0.05) is 48.7 Å². The third-order valence-electron chi connectivity index (χ3n) is 7.35. The molecule has 1 saturated heterocycles.